The molecule has 4 fully saturated rings. The summed E-state index contributed by atoms with van der Waals surface area (Å²) in [7, 11) is 0. The SMILES string of the molecule is CCc1[nH]nc(N)c1CC12CC3CC(CC(C3)C1)C2. The molecule has 0 saturated heterocycles. The van der Waals surface area contributed by atoms with Crippen LogP contribution in [0.4, 0.5) is 5.82 Å². The Bertz CT molecular complexity index is 453. The molecule has 1 heterocycles. The van der Waals surface area contributed by atoms with Crippen molar-refractivity contribution in [1.82, 2.24) is 10.2 Å². The molecule has 4 aliphatic rings. The maximum Gasteiger partial charge on any atom is 0.148 e. The van der Waals surface area contributed by atoms with Gasteiger partial charge in [0.05, 0.1) is 0 Å². The van der Waals surface area contributed by atoms with E-state index < -0.39 is 0 Å². The Morgan fingerprint density at radius 1 is 1.16 bits per heavy atom. The molecule has 0 spiro atoms. The summed E-state index contributed by atoms with van der Waals surface area (Å²) >= 11 is 0. The highest BCUT2D eigenvalue weighted by Crippen LogP contribution is 2.61. The van der Waals surface area contributed by atoms with Crippen LogP contribution in [0, 0.1) is 23.2 Å². The van der Waals surface area contributed by atoms with Crippen molar-refractivity contribution < 1.29 is 0 Å². The molecule has 0 radical (unpaired) electrons. The number of rotatable bonds is 3. The van der Waals surface area contributed by atoms with Gasteiger partial charge in [-0.15, -0.1) is 0 Å². The van der Waals surface area contributed by atoms with Gasteiger partial charge in [-0.1, -0.05) is 6.92 Å². The zero-order valence-corrected chi connectivity index (χ0v) is 11.9. The Kier molecular flexibility index (Phi) is 2.49. The van der Waals surface area contributed by atoms with Crippen LogP contribution < -0.4 is 5.73 Å². The van der Waals surface area contributed by atoms with Crippen LogP contribution >= 0.6 is 0 Å². The maximum atomic E-state index is 6.10. The molecule has 5 rings (SSSR count). The van der Waals surface area contributed by atoms with Crippen molar-refractivity contribution in [3.8, 4) is 0 Å². The minimum atomic E-state index is 0.566. The van der Waals surface area contributed by atoms with Crippen LogP contribution in [0.2, 0.25) is 0 Å². The number of nitrogen functional groups attached to an aromatic ring is 1. The number of hydrogen-bond donors (Lipinski definition) is 2. The van der Waals surface area contributed by atoms with Gasteiger partial charge in [0, 0.05) is 11.3 Å². The van der Waals surface area contributed by atoms with E-state index in [2.05, 4.69) is 17.1 Å². The smallest absolute Gasteiger partial charge is 0.148 e. The van der Waals surface area contributed by atoms with Crippen LogP contribution in [0.5, 0.6) is 0 Å². The number of nitrogens with two attached hydrogens (primary N) is 1. The summed E-state index contributed by atoms with van der Waals surface area (Å²) in [5.41, 5.74) is 9.28. The van der Waals surface area contributed by atoms with Gasteiger partial charge in [0.15, 0.2) is 0 Å². The number of nitrogens with zero attached hydrogens (tertiary/aromatic N) is 1. The highest BCUT2D eigenvalue weighted by molar-refractivity contribution is 5.43. The molecular weight excluding hydrogens is 234 g/mol. The van der Waals surface area contributed by atoms with Gasteiger partial charge < -0.3 is 5.73 Å². The highest BCUT2D eigenvalue weighted by atomic mass is 15.2. The number of aromatic nitrogens is 2. The van der Waals surface area contributed by atoms with Crippen LogP contribution in [0.25, 0.3) is 0 Å². The predicted molar refractivity (Wildman–Crippen MR) is 76.7 cm³/mol. The number of aromatic amines is 1. The van der Waals surface area contributed by atoms with E-state index in [4.69, 9.17) is 5.73 Å². The van der Waals surface area contributed by atoms with Gasteiger partial charge in [0.1, 0.15) is 5.82 Å². The van der Waals surface area contributed by atoms with Gasteiger partial charge in [-0.25, -0.2) is 0 Å². The molecular formula is C16H25N3. The van der Waals surface area contributed by atoms with Crippen molar-refractivity contribution in [3.63, 3.8) is 0 Å². The molecule has 3 nitrogen and oxygen atoms in total. The lowest BCUT2D eigenvalue weighted by atomic mass is 9.48. The van der Waals surface area contributed by atoms with E-state index in [-0.39, 0.29) is 0 Å². The summed E-state index contributed by atoms with van der Waals surface area (Å²) in [6, 6.07) is 0. The highest BCUT2D eigenvalue weighted by Gasteiger charge is 2.51. The summed E-state index contributed by atoms with van der Waals surface area (Å²) in [5.74, 6) is 3.81. The van der Waals surface area contributed by atoms with Crippen molar-refractivity contribution in [2.75, 3.05) is 5.73 Å². The second-order valence-electron chi connectivity index (χ2n) is 7.51. The second kappa shape index (κ2) is 4.00. The van der Waals surface area contributed by atoms with E-state index in [0.717, 1.165) is 30.0 Å². The van der Waals surface area contributed by atoms with Crippen molar-refractivity contribution in [2.24, 2.45) is 23.2 Å². The molecule has 4 bridgehead atoms. The topological polar surface area (TPSA) is 54.7 Å². The summed E-state index contributed by atoms with van der Waals surface area (Å²) in [6.07, 6.45) is 11.1. The van der Waals surface area contributed by atoms with Gasteiger partial charge in [0.2, 0.25) is 0 Å². The van der Waals surface area contributed by atoms with Crippen molar-refractivity contribution in [1.29, 1.82) is 0 Å². The van der Waals surface area contributed by atoms with Crippen LogP contribution in [-0.4, -0.2) is 10.2 Å². The molecule has 104 valence electrons. The van der Waals surface area contributed by atoms with Gasteiger partial charge in [-0.2, -0.15) is 5.10 Å². The lowest BCUT2D eigenvalue weighted by Crippen LogP contribution is -2.47. The van der Waals surface area contributed by atoms with Crippen LogP contribution in [-0.2, 0) is 12.8 Å². The minimum Gasteiger partial charge on any atom is -0.382 e. The van der Waals surface area contributed by atoms with E-state index >= 15 is 0 Å². The van der Waals surface area contributed by atoms with E-state index in [1.54, 1.807) is 0 Å². The second-order valence-corrected chi connectivity index (χ2v) is 7.51. The van der Waals surface area contributed by atoms with E-state index in [9.17, 15) is 0 Å². The van der Waals surface area contributed by atoms with Gasteiger partial charge >= 0.3 is 0 Å². The first-order valence-corrected chi connectivity index (χ1v) is 7.99. The van der Waals surface area contributed by atoms with Gasteiger partial charge in [-0.3, -0.25) is 5.10 Å². The average molecular weight is 259 g/mol. The summed E-state index contributed by atoms with van der Waals surface area (Å²) in [4.78, 5) is 0. The Labute approximate surface area is 115 Å². The fourth-order valence-corrected chi connectivity index (χ4v) is 5.79. The summed E-state index contributed by atoms with van der Waals surface area (Å²) in [6.45, 7) is 2.19. The molecule has 19 heavy (non-hydrogen) atoms. The first kappa shape index (κ1) is 11.8. The van der Waals surface area contributed by atoms with Crippen LogP contribution in [0.3, 0.4) is 0 Å². The Morgan fingerprint density at radius 2 is 1.74 bits per heavy atom. The lowest BCUT2D eigenvalue weighted by Gasteiger charge is -2.57. The number of anilines is 1. The molecule has 1 aromatic rings. The average Bonchev–Trinajstić information content (AvgIpc) is 2.68. The summed E-state index contributed by atoms with van der Waals surface area (Å²) < 4.78 is 0. The third-order valence-electron chi connectivity index (χ3n) is 6.06. The first-order valence-electron chi connectivity index (χ1n) is 7.99. The lowest BCUT2D eigenvalue weighted by molar-refractivity contribution is -0.0521. The Morgan fingerprint density at radius 3 is 2.26 bits per heavy atom. The standard InChI is InChI=1S/C16H25N3/c1-2-14-13(15(17)19-18-14)9-16-6-10-3-11(7-16)5-12(4-10)8-16/h10-12H,2-9H2,1H3,(H3,17,18,19). The van der Waals surface area contributed by atoms with Crippen molar-refractivity contribution in [3.05, 3.63) is 11.3 Å². The maximum absolute atomic E-state index is 6.10. The monoisotopic (exact) mass is 259 g/mol. The quantitative estimate of drug-likeness (QED) is 0.875. The van der Waals surface area contributed by atoms with Crippen molar-refractivity contribution in [2.45, 2.75) is 58.3 Å². The summed E-state index contributed by atoms with van der Waals surface area (Å²) in [5, 5.41) is 7.37. The predicted octanol–water partition coefficient (Wildman–Crippen LogP) is 3.31. The molecule has 4 saturated carbocycles. The third kappa shape index (κ3) is 1.81. The molecule has 0 unspecified atom stereocenters. The Balaban J connectivity index is 1.64. The molecule has 1 aromatic heterocycles. The van der Waals surface area contributed by atoms with Gasteiger partial charge in [0.25, 0.3) is 0 Å². The molecule has 0 amide bonds. The molecule has 3 heteroatoms. The Hall–Kier alpha value is -0.990. The van der Waals surface area contributed by atoms with E-state index in [1.807, 2.05) is 0 Å². The van der Waals surface area contributed by atoms with Crippen molar-refractivity contribution >= 4 is 5.82 Å². The minimum absolute atomic E-state index is 0.566. The van der Waals surface area contributed by atoms with Crippen LogP contribution in [0.15, 0.2) is 0 Å². The molecule has 4 aliphatic carbocycles. The number of nitrogens with one attached hydrogen (secondary N) is 1. The zero-order chi connectivity index (χ0) is 13.0. The van der Waals surface area contributed by atoms with E-state index in [1.165, 1.54) is 56.2 Å². The zero-order valence-electron chi connectivity index (χ0n) is 11.9. The molecule has 3 N–H and O–H groups in total. The van der Waals surface area contributed by atoms with E-state index in [0.29, 0.717) is 5.41 Å². The van der Waals surface area contributed by atoms with Crippen LogP contribution in [0.1, 0.15) is 56.7 Å². The molecule has 0 aliphatic heterocycles. The number of hydrogen-bond acceptors (Lipinski definition) is 2. The fraction of sp³-hybridized carbons (Fsp3) is 0.812. The largest absolute Gasteiger partial charge is 0.382 e. The van der Waals surface area contributed by atoms with Gasteiger partial charge in [-0.05, 0) is 74.5 Å². The number of H-pyrrole nitrogens is 1. The molecule has 0 atom stereocenters. The molecule has 0 aromatic carbocycles. The number of aryl methyl sites for hydroxylation is 1. The third-order valence-corrected chi connectivity index (χ3v) is 6.06. The first-order chi connectivity index (χ1) is 9.17. The normalized spacial score (nSPS) is 39.9. The fourth-order valence-electron chi connectivity index (χ4n) is 5.79.